The van der Waals surface area contributed by atoms with Crippen molar-refractivity contribution in [3.8, 4) is 0 Å². The Bertz CT molecular complexity index is 493. The number of benzene rings is 1. The molecule has 0 aliphatic carbocycles. The van der Waals surface area contributed by atoms with Gasteiger partial charge >= 0.3 is 0 Å². The van der Waals surface area contributed by atoms with Gasteiger partial charge in [-0.2, -0.15) is 5.10 Å². The monoisotopic (exact) mass is 251 g/mol. The minimum absolute atomic E-state index is 0.487. The zero-order chi connectivity index (χ0) is 12.3. The van der Waals surface area contributed by atoms with Crippen LogP contribution in [0.2, 0.25) is 5.02 Å². The Morgan fingerprint density at radius 2 is 1.94 bits per heavy atom. The number of hydrogen-bond donors (Lipinski definition) is 1. The zero-order valence-corrected chi connectivity index (χ0v) is 10.3. The quantitative estimate of drug-likeness (QED) is 0.907. The Morgan fingerprint density at radius 3 is 2.47 bits per heavy atom. The van der Waals surface area contributed by atoms with Crippen LogP contribution in [0.5, 0.6) is 0 Å². The van der Waals surface area contributed by atoms with E-state index in [-0.39, 0.29) is 0 Å². The molecular weight excluding hydrogens is 238 g/mol. The third-order valence-electron chi connectivity index (χ3n) is 2.50. The van der Waals surface area contributed by atoms with Gasteiger partial charge < -0.3 is 10.5 Å². The summed E-state index contributed by atoms with van der Waals surface area (Å²) in [5.74, 6) is 0.493. The normalized spacial score (nSPS) is 10.7. The maximum Gasteiger partial charge on any atom is 0.140 e. The highest BCUT2D eigenvalue weighted by Crippen LogP contribution is 2.18. The summed E-state index contributed by atoms with van der Waals surface area (Å²) in [6, 6.07) is 8.12. The van der Waals surface area contributed by atoms with E-state index in [4.69, 9.17) is 22.1 Å². The largest absolute Gasteiger partial charge is 0.383 e. The van der Waals surface area contributed by atoms with Gasteiger partial charge in [0.1, 0.15) is 10.8 Å². The number of aromatic nitrogens is 2. The summed E-state index contributed by atoms with van der Waals surface area (Å²) in [5, 5.41) is 4.59. The highest BCUT2D eigenvalue weighted by Gasteiger charge is 2.05. The van der Waals surface area contributed by atoms with E-state index in [0.717, 1.165) is 11.1 Å². The van der Waals surface area contributed by atoms with Gasteiger partial charge in [-0.05, 0) is 11.1 Å². The van der Waals surface area contributed by atoms with Gasteiger partial charge in [-0.1, -0.05) is 35.9 Å². The van der Waals surface area contributed by atoms with Crippen molar-refractivity contribution < 1.29 is 4.74 Å². The third-order valence-corrected chi connectivity index (χ3v) is 2.79. The summed E-state index contributed by atoms with van der Waals surface area (Å²) < 4.78 is 6.73. The maximum absolute atomic E-state index is 5.84. The molecule has 2 rings (SSSR count). The van der Waals surface area contributed by atoms with Gasteiger partial charge in [-0.15, -0.1) is 0 Å². The van der Waals surface area contributed by atoms with Crippen molar-refractivity contribution in [1.29, 1.82) is 0 Å². The Kier molecular flexibility index (Phi) is 3.66. The van der Waals surface area contributed by atoms with Crippen molar-refractivity contribution in [1.82, 2.24) is 9.78 Å². The van der Waals surface area contributed by atoms with Gasteiger partial charge in [0.25, 0.3) is 0 Å². The fraction of sp³-hybridized carbons (Fsp3) is 0.250. The molecule has 0 fully saturated rings. The Balaban J connectivity index is 2.11. The van der Waals surface area contributed by atoms with Crippen LogP contribution in [-0.2, 0) is 17.9 Å². The first kappa shape index (κ1) is 12.0. The van der Waals surface area contributed by atoms with Gasteiger partial charge in [0.2, 0.25) is 0 Å². The maximum atomic E-state index is 5.84. The predicted octanol–water partition coefficient (Wildman–Crippen LogP) is 2.31. The third kappa shape index (κ3) is 2.78. The lowest BCUT2D eigenvalue weighted by molar-refractivity contribution is 0.185. The molecule has 1 heterocycles. The molecule has 0 saturated heterocycles. The molecule has 1 aromatic heterocycles. The van der Waals surface area contributed by atoms with Gasteiger partial charge in [-0.25, -0.2) is 4.68 Å². The van der Waals surface area contributed by atoms with Gasteiger partial charge in [0.05, 0.1) is 19.3 Å². The van der Waals surface area contributed by atoms with Crippen LogP contribution in [0, 0.1) is 0 Å². The van der Waals surface area contributed by atoms with Crippen LogP contribution in [0.25, 0.3) is 0 Å². The van der Waals surface area contributed by atoms with E-state index in [0.29, 0.717) is 24.0 Å². The molecule has 0 radical (unpaired) electrons. The van der Waals surface area contributed by atoms with Crippen LogP contribution in [0.3, 0.4) is 0 Å². The molecule has 0 saturated carbocycles. The Labute approximate surface area is 105 Å². The molecular formula is C12H14ClN3O. The Morgan fingerprint density at radius 1 is 1.29 bits per heavy atom. The molecule has 4 nitrogen and oxygen atoms in total. The molecule has 2 N–H and O–H groups in total. The lowest BCUT2D eigenvalue weighted by atomic mass is 10.1. The number of nitrogens with zero attached hydrogens (tertiary/aromatic N) is 2. The van der Waals surface area contributed by atoms with Gasteiger partial charge in [-0.3, -0.25) is 0 Å². The fourth-order valence-electron chi connectivity index (χ4n) is 1.58. The summed E-state index contributed by atoms with van der Waals surface area (Å²) in [5.41, 5.74) is 8.04. The molecule has 1 aromatic carbocycles. The molecule has 0 amide bonds. The number of nitrogen functional groups attached to an aromatic ring is 1. The molecule has 0 spiro atoms. The molecule has 0 bridgehead atoms. The van der Waals surface area contributed by atoms with E-state index in [9.17, 15) is 0 Å². The fourth-order valence-corrected chi connectivity index (χ4v) is 1.72. The van der Waals surface area contributed by atoms with Crippen molar-refractivity contribution in [3.63, 3.8) is 0 Å². The predicted molar refractivity (Wildman–Crippen MR) is 67.9 cm³/mol. The smallest absolute Gasteiger partial charge is 0.140 e. The summed E-state index contributed by atoms with van der Waals surface area (Å²) in [6.07, 6.45) is 1.55. The number of anilines is 1. The minimum atomic E-state index is 0.487. The van der Waals surface area contributed by atoms with E-state index in [1.54, 1.807) is 18.0 Å². The SMILES string of the molecule is COCc1ccc(Cn2ncc(Cl)c2N)cc1. The second kappa shape index (κ2) is 5.21. The van der Waals surface area contributed by atoms with E-state index >= 15 is 0 Å². The Hall–Kier alpha value is -1.52. The summed E-state index contributed by atoms with van der Waals surface area (Å²) in [7, 11) is 1.68. The van der Waals surface area contributed by atoms with E-state index in [2.05, 4.69) is 5.10 Å². The molecule has 5 heteroatoms. The van der Waals surface area contributed by atoms with Crippen molar-refractivity contribution in [2.45, 2.75) is 13.2 Å². The van der Waals surface area contributed by atoms with Crippen LogP contribution >= 0.6 is 11.6 Å². The molecule has 90 valence electrons. The molecule has 0 aliphatic rings. The van der Waals surface area contributed by atoms with Gasteiger partial charge in [0, 0.05) is 7.11 Å². The number of methoxy groups -OCH3 is 1. The molecule has 0 aliphatic heterocycles. The van der Waals surface area contributed by atoms with Crippen LogP contribution in [-0.4, -0.2) is 16.9 Å². The molecule has 0 atom stereocenters. The van der Waals surface area contributed by atoms with E-state index in [1.807, 2.05) is 24.3 Å². The van der Waals surface area contributed by atoms with Crippen molar-refractivity contribution in [2.75, 3.05) is 12.8 Å². The van der Waals surface area contributed by atoms with E-state index in [1.165, 1.54) is 0 Å². The average Bonchev–Trinajstić information content (AvgIpc) is 2.64. The number of hydrogen-bond acceptors (Lipinski definition) is 3. The summed E-state index contributed by atoms with van der Waals surface area (Å²) in [6.45, 7) is 1.24. The van der Waals surface area contributed by atoms with Crippen molar-refractivity contribution in [2.24, 2.45) is 0 Å². The summed E-state index contributed by atoms with van der Waals surface area (Å²) in [4.78, 5) is 0. The lowest BCUT2D eigenvalue weighted by Crippen LogP contribution is -2.05. The first-order valence-electron chi connectivity index (χ1n) is 5.24. The highest BCUT2D eigenvalue weighted by atomic mass is 35.5. The van der Waals surface area contributed by atoms with E-state index < -0.39 is 0 Å². The number of ether oxygens (including phenoxy) is 1. The van der Waals surface area contributed by atoms with Crippen molar-refractivity contribution >= 4 is 17.4 Å². The first-order valence-corrected chi connectivity index (χ1v) is 5.62. The van der Waals surface area contributed by atoms with Crippen molar-refractivity contribution in [3.05, 3.63) is 46.6 Å². The molecule has 0 unspecified atom stereocenters. The van der Waals surface area contributed by atoms with Crippen LogP contribution in [0.15, 0.2) is 30.5 Å². The minimum Gasteiger partial charge on any atom is -0.383 e. The lowest BCUT2D eigenvalue weighted by Gasteiger charge is -2.05. The second-order valence-electron chi connectivity index (χ2n) is 3.78. The first-order chi connectivity index (χ1) is 8.20. The van der Waals surface area contributed by atoms with Crippen LogP contribution in [0.4, 0.5) is 5.82 Å². The molecule has 17 heavy (non-hydrogen) atoms. The topological polar surface area (TPSA) is 53.1 Å². The van der Waals surface area contributed by atoms with Gasteiger partial charge in [0.15, 0.2) is 0 Å². The number of nitrogens with two attached hydrogens (primary N) is 1. The number of rotatable bonds is 4. The average molecular weight is 252 g/mol. The molecule has 2 aromatic rings. The zero-order valence-electron chi connectivity index (χ0n) is 9.56. The van der Waals surface area contributed by atoms with Crippen LogP contribution in [0.1, 0.15) is 11.1 Å². The standard InChI is InChI=1S/C12H14ClN3O/c1-17-8-10-4-2-9(3-5-10)7-16-12(14)11(13)6-15-16/h2-6H,7-8,14H2,1H3. The van der Waals surface area contributed by atoms with Crippen LogP contribution < -0.4 is 5.73 Å². The second-order valence-corrected chi connectivity index (χ2v) is 4.19. The highest BCUT2D eigenvalue weighted by molar-refractivity contribution is 6.32. The number of halogens is 1. The summed E-state index contributed by atoms with van der Waals surface area (Å²) >= 11 is 5.84.